The van der Waals surface area contributed by atoms with E-state index in [4.69, 9.17) is 5.11 Å². The quantitative estimate of drug-likeness (QED) is 0.769. The van der Waals surface area contributed by atoms with E-state index < -0.39 is 0 Å². The molecule has 2 heterocycles. The minimum atomic E-state index is -0.322. The number of carbonyl (C=O) groups is 1. The lowest BCUT2D eigenvalue weighted by atomic mass is 10.0. The number of fused-ring (bicyclic) bond motifs is 1. The number of aliphatic hydroxyl groups excluding tert-OH is 1. The second-order valence-electron chi connectivity index (χ2n) is 5.62. The van der Waals surface area contributed by atoms with Gasteiger partial charge in [-0.3, -0.25) is 9.20 Å². The van der Waals surface area contributed by atoms with Crippen LogP contribution in [-0.2, 0) is 11.3 Å². The van der Waals surface area contributed by atoms with Crippen LogP contribution >= 0.6 is 0 Å². The van der Waals surface area contributed by atoms with Crippen LogP contribution in [0.2, 0.25) is 0 Å². The first-order valence-electron chi connectivity index (χ1n) is 7.05. The molecule has 7 nitrogen and oxygen atoms in total. The topological polar surface area (TPSA) is 88.6 Å². The molecule has 0 saturated heterocycles. The smallest absolute Gasteiger partial charge is 0.350 e. The molecule has 2 N–H and O–H groups in total. The molecular formula is C14H18N4O3. The highest BCUT2D eigenvalue weighted by Crippen LogP contribution is 2.47. The summed E-state index contributed by atoms with van der Waals surface area (Å²) in [5, 5.41) is 15.9. The van der Waals surface area contributed by atoms with Crippen molar-refractivity contribution in [2.45, 2.75) is 25.8 Å². The number of hydrogen-bond acceptors (Lipinski definition) is 4. The van der Waals surface area contributed by atoms with Gasteiger partial charge in [0, 0.05) is 19.3 Å². The van der Waals surface area contributed by atoms with Crippen LogP contribution in [0.1, 0.15) is 19.3 Å². The van der Waals surface area contributed by atoms with E-state index in [2.05, 4.69) is 10.4 Å². The zero-order valence-corrected chi connectivity index (χ0v) is 11.7. The fraction of sp³-hybridized carbons (Fsp3) is 0.500. The standard InChI is InChI=1S/C14H18N4O3/c19-8-6-14(4-5-14)10-15-12(20)9-18-13(21)17-7-2-1-3-11(17)16-18/h1-3,7,19H,4-6,8-10H2,(H,15,20). The number of pyridine rings is 1. The van der Waals surface area contributed by atoms with Crippen LogP contribution in [0, 0.1) is 5.41 Å². The van der Waals surface area contributed by atoms with Crippen molar-refractivity contribution in [3.63, 3.8) is 0 Å². The van der Waals surface area contributed by atoms with Gasteiger partial charge in [0.15, 0.2) is 5.65 Å². The van der Waals surface area contributed by atoms with Crippen molar-refractivity contribution in [2.75, 3.05) is 13.2 Å². The van der Waals surface area contributed by atoms with Gasteiger partial charge in [-0.1, -0.05) is 6.07 Å². The molecule has 1 saturated carbocycles. The van der Waals surface area contributed by atoms with E-state index in [0.29, 0.717) is 18.6 Å². The van der Waals surface area contributed by atoms with Crippen LogP contribution in [0.4, 0.5) is 0 Å². The Labute approximate surface area is 121 Å². The van der Waals surface area contributed by atoms with Crippen LogP contribution in [-0.4, -0.2) is 38.3 Å². The predicted molar refractivity (Wildman–Crippen MR) is 75.8 cm³/mol. The number of hydrogen-bond donors (Lipinski definition) is 2. The summed E-state index contributed by atoms with van der Waals surface area (Å²) in [6.45, 7) is 0.603. The summed E-state index contributed by atoms with van der Waals surface area (Å²) in [6, 6.07) is 5.25. The molecule has 1 aliphatic carbocycles. The molecule has 21 heavy (non-hydrogen) atoms. The Bertz CT molecular complexity index is 714. The number of nitrogens with zero attached hydrogens (tertiary/aromatic N) is 3. The highest BCUT2D eigenvalue weighted by Gasteiger charge is 2.41. The zero-order chi connectivity index (χ0) is 14.9. The Kier molecular flexibility index (Phi) is 3.50. The Morgan fingerprint density at radius 1 is 1.43 bits per heavy atom. The number of amides is 1. The highest BCUT2D eigenvalue weighted by molar-refractivity contribution is 5.75. The third-order valence-corrected chi connectivity index (χ3v) is 4.04. The zero-order valence-electron chi connectivity index (χ0n) is 11.7. The summed E-state index contributed by atoms with van der Waals surface area (Å²) in [6.07, 6.45) is 4.39. The van der Waals surface area contributed by atoms with Gasteiger partial charge in [0.2, 0.25) is 5.91 Å². The first-order valence-corrected chi connectivity index (χ1v) is 7.05. The van der Waals surface area contributed by atoms with Crippen molar-refractivity contribution in [3.05, 3.63) is 34.9 Å². The molecule has 0 radical (unpaired) electrons. The molecule has 7 heteroatoms. The summed E-state index contributed by atoms with van der Waals surface area (Å²) in [7, 11) is 0. The van der Waals surface area contributed by atoms with E-state index in [1.54, 1.807) is 24.4 Å². The molecule has 0 atom stereocenters. The third kappa shape index (κ3) is 2.82. The minimum Gasteiger partial charge on any atom is -0.396 e. The maximum absolute atomic E-state index is 12.0. The van der Waals surface area contributed by atoms with Crippen molar-refractivity contribution in [2.24, 2.45) is 5.41 Å². The lowest BCUT2D eigenvalue weighted by Gasteiger charge is -2.14. The van der Waals surface area contributed by atoms with Crippen molar-refractivity contribution in [1.82, 2.24) is 19.5 Å². The van der Waals surface area contributed by atoms with E-state index in [1.165, 1.54) is 4.40 Å². The van der Waals surface area contributed by atoms with Crippen LogP contribution in [0.5, 0.6) is 0 Å². The average molecular weight is 290 g/mol. The van der Waals surface area contributed by atoms with Gasteiger partial charge in [-0.25, -0.2) is 9.48 Å². The molecule has 0 spiro atoms. The number of carbonyl (C=O) groups excluding carboxylic acids is 1. The Balaban J connectivity index is 1.64. The average Bonchev–Trinajstić information content (AvgIpc) is 3.18. The summed E-state index contributed by atoms with van der Waals surface area (Å²) in [4.78, 5) is 24.0. The van der Waals surface area contributed by atoms with Crippen molar-refractivity contribution in [3.8, 4) is 0 Å². The van der Waals surface area contributed by atoms with Crippen molar-refractivity contribution in [1.29, 1.82) is 0 Å². The molecular weight excluding hydrogens is 272 g/mol. The molecule has 0 aliphatic heterocycles. The molecule has 0 bridgehead atoms. The van der Waals surface area contributed by atoms with Gasteiger partial charge in [0.25, 0.3) is 0 Å². The summed E-state index contributed by atoms with van der Waals surface area (Å²) in [5.41, 5.74) is 0.264. The molecule has 2 aromatic heterocycles. The number of aromatic nitrogens is 3. The van der Waals surface area contributed by atoms with E-state index in [9.17, 15) is 9.59 Å². The highest BCUT2D eigenvalue weighted by atomic mass is 16.3. The summed E-state index contributed by atoms with van der Waals surface area (Å²) >= 11 is 0. The van der Waals surface area contributed by atoms with Crippen LogP contribution in [0.15, 0.2) is 29.2 Å². The SMILES string of the molecule is O=C(Cn1nc2ccccn2c1=O)NCC1(CCO)CC1. The third-order valence-electron chi connectivity index (χ3n) is 4.04. The number of aliphatic hydroxyl groups is 1. The van der Waals surface area contributed by atoms with Crippen LogP contribution < -0.4 is 11.0 Å². The van der Waals surface area contributed by atoms with Crippen LogP contribution in [0.3, 0.4) is 0 Å². The molecule has 0 unspecified atom stereocenters. The number of rotatable bonds is 6. The molecule has 0 aromatic carbocycles. The van der Waals surface area contributed by atoms with Gasteiger partial charge in [-0.05, 0) is 36.8 Å². The normalized spacial score (nSPS) is 16.0. The molecule has 112 valence electrons. The maximum atomic E-state index is 12.0. The molecule has 1 aliphatic rings. The monoisotopic (exact) mass is 290 g/mol. The van der Waals surface area contributed by atoms with Gasteiger partial charge >= 0.3 is 5.69 Å². The fourth-order valence-corrected chi connectivity index (χ4v) is 2.48. The molecule has 1 amide bonds. The summed E-state index contributed by atoms with van der Waals surface area (Å²) < 4.78 is 2.57. The van der Waals surface area contributed by atoms with E-state index in [0.717, 1.165) is 17.5 Å². The summed E-state index contributed by atoms with van der Waals surface area (Å²) in [5.74, 6) is -0.232. The second kappa shape index (κ2) is 5.33. The lowest BCUT2D eigenvalue weighted by molar-refractivity contribution is -0.122. The number of nitrogens with one attached hydrogen (secondary N) is 1. The van der Waals surface area contributed by atoms with E-state index in [1.807, 2.05) is 0 Å². The minimum absolute atomic E-state index is 0.0638. The first kappa shape index (κ1) is 13.8. The Morgan fingerprint density at radius 3 is 2.90 bits per heavy atom. The van der Waals surface area contributed by atoms with Gasteiger partial charge in [0.05, 0.1) is 0 Å². The Hall–Kier alpha value is -2.15. The van der Waals surface area contributed by atoms with Crippen molar-refractivity contribution >= 4 is 11.6 Å². The van der Waals surface area contributed by atoms with Gasteiger partial charge in [0.1, 0.15) is 6.54 Å². The molecule has 1 fully saturated rings. The second-order valence-corrected chi connectivity index (χ2v) is 5.62. The fourth-order valence-electron chi connectivity index (χ4n) is 2.48. The van der Waals surface area contributed by atoms with Crippen molar-refractivity contribution < 1.29 is 9.90 Å². The van der Waals surface area contributed by atoms with Crippen LogP contribution in [0.25, 0.3) is 5.65 Å². The predicted octanol–water partition coefficient (Wildman–Crippen LogP) is -0.225. The molecule has 2 aromatic rings. The van der Waals surface area contributed by atoms with E-state index >= 15 is 0 Å². The molecule has 3 rings (SSSR count). The van der Waals surface area contributed by atoms with Gasteiger partial charge in [-0.2, -0.15) is 0 Å². The first-order chi connectivity index (χ1) is 10.1. The Morgan fingerprint density at radius 2 is 2.24 bits per heavy atom. The van der Waals surface area contributed by atoms with E-state index in [-0.39, 0.29) is 30.2 Å². The maximum Gasteiger partial charge on any atom is 0.350 e. The van der Waals surface area contributed by atoms with Gasteiger partial charge < -0.3 is 10.4 Å². The lowest BCUT2D eigenvalue weighted by Crippen LogP contribution is -2.36. The van der Waals surface area contributed by atoms with Gasteiger partial charge in [-0.15, -0.1) is 5.10 Å². The largest absolute Gasteiger partial charge is 0.396 e.